The predicted molar refractivity (Wildman–Crippen MR) is 123 cm³/mol. The van der Waals surface area contributed by atoms with E-state index in [0.29, 0.717) is 11.1 Å². The summed E-state index contributed by atoms with van der Waals surface area (Å²) in [5.74, 6) is 1.30. The fourth-order valence-corrected chi connectivity index (χ4v) is 2.86. The Hall–Kier alpha value is -3.10. The number of terminal acetylenes is 2. The molecule has 0 fully saturated rings. The lowest BCUT2D eigenvalue weighted by molar-refractivity contribution is -0.138. The van der Waals surface area contributed by atoms with Crippen LogP contribution in [0.4, 0.5) is 4.79 Å². The molecule has 1 rings (SSSR count). The largest absolute Gasteiger partial charge is 0.444 e. The molecule has 0 saturated heterocycles. The zero-order chi connectivity index (χ0) is 23.8. The van der Waals surface area contributed by atoms with E-state index in [9.17, 15) is 14.4 Å². The van der Waals surface area contributed by atoms with Crippen LogP contribution in [0.5, 0.6) is 0 Å². The molecule has 0 radical (unpaired) electrons. The number of hydrogen-bond acceptors (Lipinski definition) is 5. The summed E-state index contributed by atoms with van der Waals surface area (Å²) < 4.78 is 5.20. The maximum Gasteiger partial charge on any atom is 0.408 e. The summed E-state index contributed by atoms with van der Waals surface area (Å²) in [6, 6.07) is 6.43. The number of thiol groups is 1. The number of nitrogens with zero attached hydrogens (tertiary/aromatic N) is 1. The van der Waals surface area contributed by atoms with E-state index in [1.54, 1.807) is 58.9 Å². The van der Waals surface area contributed by atoms with Gasteiger partial charge in [-0.15, -0.1) is 6.42 Å². The summed E-state index contributed by atoms with van der Waals surface area (Å²) in [4.78, 5) is 39.2. The van der Waals surface area contributed by atoms with E-state index >= 15 is 0 Å². The number of nitrogens with one attached hydrogen (secondary N) is 2. The van der Waals surface area contributed by atoms with Crippen molar-refractivity contribution >= 4 is 30.5 Å². The topological polar surface area (TPSA) is 87.7 Å². The molecule has 2 unspecified atom stereocenters. The minimum Gasteiger partial charge on any atom is -0.444 e. The van der Waals surface area contributed by atoms with E-state index in [-0.39, 0.29) is 11.8 Å². The van der Waals surface area contributed by atoms with E-state index in [0.717, 1.165) is 4.90 Å². The van der Waals surface area contributed by atoms with E-state index in [1.807, 2.05) is 0 Å². The Morgan fingerprint density at radius 3 is 2.13 bits per heavy atom. The molecule has 0 saturated carbocycles. The van der Waals surface area contributed by atoms with Crippen LogP contribution in [0.2, 0.25) is 0 Å². The van der Waals surface area contributed by atoms with E-state index in [2.05, 4.69) is 35.2 Å². The van der Waals surface area contributed by atoms with Crippen LogP contribution in [-0.2, 0) is 14.3 Å². The number of carbonyl (C=O) groups is 3. The van der Waals surface area contributed by atoms with Gasteiger partial charge in [0, 0.05) is 23.4 Å². The van der Waals surface area contributed by atoms with Gasteiger partial charge in [-0.25, -0.2) is 4.79 Å². The van der Waals surface area contributed by atoms with Gasteiger partial charge in [-0.2, -0.15) is 12.6 Å². The number of carbonyl (C=O) groups excluding carboxylic acids is 3. The molecular formula is C23H29N3O4S. The van der Waals surface area contributed by atoms with Crippen LogP contribution >= 0.6 is 12.6 Å². The highest BCUT2D eigenvalue weighted by molar-refractivity contribution is 7.80. The van der Waals surface area contributed by atoms with Crippen LogP contribution in [0.1, 0.15) is 51.8 Å². The quantitative estimate of drug-likeness (QED) is 0.343. The smallest absolute Gasteiger partial charge is 0.408 e. The highest BCUT2D eigenvalue weighted by atomic mass is 32.1. The molecule has 31 heavy (non-hydrogen) atoms. The lowest BCUT2D eigenvalue weighted by Crippen LogP contribution is -2.52. The van der Waals surface area contributed by atoms with Crippen molar-refractivity contribution < 1.29 is 19.1 Å². The number of amides is 3. The summed E-state index contributed by atoms with van der Waals surface area (Å²) >= 11 is 4.15. The molecule has 7 nitrogen and oxygen atoms in total. The average molecular weight is 444 g/mol. The first kappa shape index (κ1) is 25.9. The van der Waals surface area contributed by atoms with E-state index in [4.69, 9.17) is 17.6 Å². The monoisotopic (exact) mass is 443 g/mol. The van der Waals surface area contributed by atoms with Gasteiger partial charge in [0.15, 0.2) is 0 Å². The third-order valence-electron chi connectivity index (χ3n) is 3.88. The minimum absolute atomic E-state index is 0.0508. The molecule has 3 amide bonds. The zero-order valence-corrected chi connectivity index (χ0v) is 19.3. The first-order valence-corrected chi connectivity index (χ1v) is 10.3. The SMILES string of the molecule is C#Cc1ccc(C(C(=O)NC(C)C)N(C#C)C(=O)C(CS)NC(=O)OC(C)(C)C)cc1. The van der Waals surface area contributed by atoms with Crippen LogP contribution in [0.25, 0.3) is 0 Å². The summed E-state index contributed by atoms with van der Waals surface area (Å²) in [5, 5.41) is 5.23. The van der Waals surface area contributed by atoms with Crippen molar-refractivity contribution in [1.82, 2.24) is 15.5 Å². The second kappa shape index (κ2) is 11.3. The van der Waals surface area contributed by atoms with E-state index < -0.39 is 35.6 Å². The second-order valence-corrected chi connectivity index (χ2v) is 8.42. The fourth-order valence-electron chi connectivity index (χ4n) is 2.61. The zero-order valence-electron chi connectivity index (χ0n) is 18.4. The van der Waals surface area contributed by atoms with Gasteiger partial charge in [0.25, 0.3) is 5.91 Å². The van der Waals surface area contributed by atoms with Gasteiger partial charge in [0.1, 0.15) is 17.7 Å². The summed E-state index contributed by atoms with van der Waals surface area (Å²) in [5.41, 5.74) is 0.335. The van der Waals surface area contributed by atoms with Crippen molar-refractivity contribution in [2.24, 2.45) is 0 Å². The molecule has 166 valence electrons. The number of rotatable bonds is 7. The standard InChI is InChI=1S/C23H29N3O4S/c1-8-16-10-12-17(13-11-16)19(20(27)24-15(3)4)26(9-2)21(28)18(14-31)25-22(29)30-23(5,6)7/h1-2,10-13,15,18-19,31H,14H2,3-7H3,(H,24,27)(H,25,29). The van der Waals surface area contributed by atoms with Crippen molar-refractivity contribution in [1.29, 1.82) is 0 Å². The maximum absolute atomic E-state index is 13.2. The molecule has 0 aliphatic rings. The Morgan fingerprint density at radius 2 is 1.71 bits per heavy atom. The van der Waals surface area contributed by atoms with Gasteiger partial charge < -0.3 is 15.4 Å². The lowest BCUT2D eigenvalue weighted by Gasteiger charge is -2.30. The minimum atomic E-state index is -1.13. The van der Waals surface area contributed by atoms with Gasteiger partial charge >= 0.3 is 6.09 Å². The Balaban J connectivity index is 3.27. The van der Waals surface area contributed by atoms with E-state index in [1.165, 1.54) is 0 Å². The van der Waals surface area contributed by atoms with Gasteiger partial charge in [-0.1, -0.05) is 24.5 Å². The first-order valence-electron chi connectivity index (χ1n) is 9.70. The first-order chi connectivity index (χ1) is 14.4. The van der Waals surface area contributed by atoms with Crippen LogP contribution in [0.15, 0.2) is 24.3 Å². The predicted octanol–water partition coefficient (Wildman–Crippen LogP) is 2.48. The summed E-state index contributed by atoms with van der Waals surface area (Å²) in [6.07, 6.45) is 10.2. The molecule has 0 aliphatic heterocycles. The number of ether oxygens (including phenoxy) is 1. The summed E-state index contributed by atoms with van der Waals surface area (Å²) in [6.45, 7) is 8.68. The average Bonchev–Trinajstić information content (AvgIpc) is 2.67. The van der Waals surface area contributed by atoms with Crippen LogP contribution in [0.3, 0.4) is 0 Å². The fraction of sp³-hybridized carbons (Fsp3) is 0.435. The molecule has 0 aliphatic carbocycles. The Morgan fingerprint density at radius 1 is 1.13 bits per heavy atom. The number of hydrogen-bond donors (Lipinski definition) is 3. The summed E-state index contributed by atoms with van der Waals surface area (Å²) in [7, 11) is 0. The van der Waals surface area contributed by atoms with Crippen molar-refractivity contribution in [2.75, 3.05) is 5.75 Å². The van der Waals surface area contributed by atoms with Crippen molar-refractivity contribution in [3.8, 4) is 24.8 Å². The van der Waals surface area contributed by atoms with Crippen molar-refractivity contribution in [3.63, 3.8) is 0 Å². The highest BCUT2D eigenvalue weighted by Gasteiger charge is 2.35. The number of benzene rings is 1. The van der Waals surface area contributed by atoms with Gasteiger partial charge in [0.05, 0.1) is 0 Å². The second-order valence-electron chi connectivity index (χ2n) is 8.05. The molecule has 8 heteroatoms. The van der Waals surface area contributed by atoms with Gasteiger partial charge in [0.2, 0.25) is 5.91 Å². The Bertz CT molecular complexity index is 876. The molecule has 1 aromatic carbocycles. The molecule has 1 aromatic rings. The normalized spacial score (nSPS) is 12.7. The molecule has 0 bridgehead atoms. The third-order valence-corrected chi connectivity index (χ3v) is 4.24. The maximum atomic E-state index is 13.2. The molecule has 0 heterocycles. The lowest BCUT2D eigenvalue weighted by atomic mass is 10.0. The molecular weight excluding hydrogens is 414 g/mol. The molecule has 0 spiro atoms. The third kappa shape index (κ3) is 7.92. The van der Waals surface area contributed by atoms with Crippen LogP contribution < -0.4 is 10.6 Å². The van der Waals surface area contributed by atoms with Gasteiger partial charge in [-0.05, 0) is 52.3 Å². The molecule has 2 N–H and O–H groups in total. The van der Waals surface area contributed by atoms with Crippen LogP contribution in [-0.4, -0.2) is 46.2 Å². The number of alkyl carbamates (subject to hydrolysis) is 1. The van der Waals surface area contributed by atoms with Crippen molar-refractivity contribution in [3.05, 3.63) is 35.4 Å². The van der Waals surface area contributed by atoms with Crippen molar-refractivity contribution in [2.45, 2.75) is 58.3 Å². The Labute approximate surface area is 189 Å². The Kier molecular flexibility index (Phi) is 9.48. The highest BCUT2D eigenvalue weighted by Crippen LogP contribution is 2.23. The van der Waals surface area contributed by atoms with Crippen LogP contribution in [0, 0.1) is 24.8 Å². The molecule has 0 aromatic heterocycles. The molecule has 2 atom stereocenters. The van der Waals surface area contributed by atoms with Gasteiger partial charge in [-0.3, -0.25) is 14.5 Å².